The first-order valence-corrected chi connectivity index (χ1v) is 12.4. The quantitative estimate of drug-likeness (QED) is 0.693. The van der Waals surface area contributed by atoms with Crippen LogP contribution in [0.5, 0.6) is 0 Å². The molecule has 1 aromatic carbocycles. The zero-order chi connectivity index (χ0) is 20.3. The summed E-state index contributed by atoms with van der Waals surface area (Å²) in [6.45, 7) is 5.18. The molecule has 1 aliphatic rings. The number of nitrogens with one attached hydrogen (secondary N) is 1. The molecule has 10 heteroatoms. The van der Waals surface area contributed by atoms with E-state index < -0.39 is 10.0 Å². The molecule has 7 nitrogen and oxygen atoms in total. The van der Waals surface area contributed by atoms with Crippen molar-refractivity contribution in [3.8, 4) is 0 Å². The average Bonchev–Trinajstić information content (AvgIpc) is 3.07. The Balaban J connectivity index is 1.90. The zero-order valence-corrected chi connectivity index (χ0v) is 18.5. The van der Waals surface area contributed by atoms with Crippen LogP contribution in [0.25, 0.3) is 0 Å². The topological polar surface area (TPSA) is 88.6 Å². The SMILES string of the molecule is CCc1ccc(C(=O)Nc2nc(C)c(SC)s2)cc1S(=O)(=O)N1CCOCC1. The molecular formula is C18H23N3O4S3. The van der Waals surface area contributed by atoms with E-state index in [4.69, 9.17) is 4.74 Å². The number of morpholine rings is 1. The lowest BCUT2D eigenvalue weighted by molar-refractivity contribution is 0.0730. The first-order chi connectivity index (χ1) is 13.4. The molecule has 1 aromatic heterocycles. The lowest BCUT2D eigenvalue weighted by atomic mass is 10.1. The van der Waals surface area contributed by atoms with Gasteiger partial charge in [-0.1, -0.05) is 24.3 Å². The van der Waals surface area contributed by atoms with E-state index in [1.165, 1.54) is 21.7 Å². The fourth-order valence-electron chi connectivity index (χ4n) is 2.95. The van der Waals surface area contributed by atoms with Crippen molar-refractivity contribution in [3.05, 3.63) is 35.0 Å². The third-order valence-corrected chi connectivity index (χ3v) is 8.72. The molecule has 0 unspecified atom stereocenters. The Morgan fingerprint density at radius 1 is 1.36 bits per heavy atom. The molecular weight excluding hydrogens is 418 g/mol. The Morgan fingerprint density at radius 2 is 2.07 bits per heavy atom. The Bertz CT molecular complexity index is 966. The summed E-state index contributed by atoms with van der Waals surface area (Å²) in [7, 11) is -3.68. The minimum atomic E-state index is -3.68. The van der Waals surface area contributed by atoms with Gasteiger partial charge >= 0.3 is 0 Å². The van der Waals surface area contributed by atoms with Gasteiger partial charge in [-0.15, -0.1) is 11.8 Å². The van der Waals surface area contributed by atoms with Crippen molar-refractivity contribution in [2.75, 3.05) is 37.9 Å². The maximum Gasteiger partial charge on any atom is 0.257 e. The van der Waals surface area contributed by atoms with E-state index in [0.717, 1.165) is 9.90 Å². The van der Waals surface area contributed by atoms with E-state index in [2.05, 4.69) is 10.3 Å². The van der Waals surface area contributed by atoms with Crippen LogP contribution >= 0.6 is 23.1 Å². The largest absolute Gasteiger partial charge is 0.379 e. The Morgan fingerprint density at radius 3 is 2.68 bits per heavy atom. The summed E-state index contributed by atoms with van der Waals surface area (Å²) in [6, 6.07) is 4.83. The molecule has 1 saturated heterocycles. The summed E-state index contributed by atoms with van der Waals surface area (Å²) in [5, 5.41) is 3.28. The van der Waals surface area contributed by atoms with Gasteiger partial charge in [0.25, 0.3) is 5.91 Å². The molecule has 3 rings (SSSR count). The van der Waals surface area contributed by atoms with Crippen molar-refractivity contribution in [1.82, 2.24) is 9.29 Å². The van der Waals surface area contributed by atoms with Gasteiger partial charge in [0, 0.05) is 18.7 Å². The summed E-state index contributed by atoms with van der Waals surface area (Å²) in [4.78, 5) is 17.2. The molecule has 152 valence electrons. The smallest absolute Gasteiger partial charge is 0.257 e. The first kappa shape index (κ1) is 21.3. The molecule has 1 amide bonds. The highest BCUT2D eigenvalue weighted by atomic mass is 32.2. The number of ether oxygens (including phenoxy) is 1. The fourth-order valence-corrected chi connectivity index (χ4v) is 6.28. The first-order valence-electron chi connectivity index (χ1n) is 8.90. The van der Waals surface area contributed by atoms with Crippen LogP contribution in [0.4, 0.5) is 5.13 Å². The van der Waals surface area contributed by atoms with E-state index in [0.29, 0.717) is 49.0 Å². The van der Waals surface area contributed by atoms with Gasteiger partial charge in [-0.3, -0.25) is 10.1 Å². The van der Waals surface area contributed by atoms with Gasteiger partial charge in [0.05, 0.1) is 28.0 Å². The van der Waals surface area contributed by atoms with Gasteiger partial charge in [0.15, 0.2) is 5.13 Å². The van der Waals surface area contributed by atoms with Crippen LogP contribution in [0.15, 0.2) is 27.3 Å². The molecule has 1 fully saturated rings. The summed E-state index contributed by atoms with van der Waals surface area (Å²) in [6.07, 6.45) is 2.52. The molecule has 2 aromatic rings. The van der Waals surface area contributed by atoms with Crippen LogP contribution in [0.3, 0.4) is 0 Å². The third kappa shape index (κ3) is 4.41. The van der Waals surface area contributed by atoms with Crippen LogP contribution in [0.1, 0.15) is 28.5 Å². The highest BCUT2D eigenvalue weighted by Gasteiger charge is 2.29. The molecule has 0 aliphatic carbocycles. The highest BCUT2D eigenvalue weighted by Crippen LogP contribution is 2.31. The Labute approximate surface area is 173 Å². The van der Waals surface area contributed by atoms with E-state index >= 15 is 0 Å². The average molecular weight is 442 g/mol. The molecule has 1 aliphatic heterocycles. The fraction of sp³-hybridized carbons (Fsp3) is 0.444. The van der Waals surface area contributed by atoms with E-state index in [1.54, 1.807) is 23.9 Å². The Hall–Kier alpha value is -1.46. The van der Waals surface area contributed by atoms with E-state index in [9.17, 15) is 13.2 Å². The number of thioether (sulfide) groups is 1. The zero-order valence-electron chi connectivity index (χ0n) is 16.0. The van der Waals surface area contributed by atoms with E-state index in [-0.39, 0.29) is 10.8 Å². The lowest BCUT2D eigenvalue weighted by Crippen LogP contribution is -2.41. The van der Waals surface area contributed by atoms with E-state index in [1.807, 2.05) is 20.1 Å². The minimum Gasteiger partial charge on any atom is -0.379 e. The molecule has 0 radical (unpaired) electrons. The number of amides is 1. The number of sulfonamides is 1. The summed E-state index contributed by atoms with van der Waals surface area (Å²) in [5.41, 5.74) is 1.85. The number of nitrogens with zero attached hydrogens (tertiary/aromatic N) is 2. The number of rotatable bonds is 6. The van der Waals surface area contributed by atoms with Crippen LogP contribution in [-0.4, -0.2) is 56.2 Å². The number of anilines is 1. The van der Waals surface area contributed by atoms with Gasteiger partial charge < -0.3 is 4.74 Å². The summed E-state index contributed by atoms with van der Waals surface area (Å²) >= 11 is 2.98. The van der Waals surface area contributed by atoms with Crippen molar-refractivity contribution in [2.45, 2.75) is 29.4 Å². The van der Waals surface area contributed by atoms with Crippen LogP contribution < -0.4 is 5.32 Å². The number of hydrogen-bond acceptors (Lipinski definition) is 7. The van der Waals surface area contributed by atoms with Crippen molar-refractivity contribution in [2.24, 2.45) is 0 Å². The number of aryl methyl sites for hydroxylation is 2. The highest BCUT2D eigenvalue weighted by molar-refractivity contribution is 8.00. The maximum atomic E-state index is 13.1. The third-order valence-electron chi connectivity index (χ3n) is 4.46. The van der Waals surface area contributed by atoms with Crippen molar-refractivity contribution in [3.63, 3.8) is 0 Å². The number of thiazole rings is 1. The van der Waals surface area contributed by atoms with Crippen molar-refractivity contribution < 1.29 is 17.9 Å². The number of aromatic nitrogens is 1. The van der Waals surface area contributed by atoms with Gasteiger partial charge in [0.1, 0.15) is 0 Å². The predicted octanol–water partition coefficient (Wildman–Crippen LogP) is 3.01. The van der Waals surface area contributed by atoms with Gasteiger partial charge in [-0.2, -0.15) is 4.31 Å². The number of benzene rings is 1. The van der Waals surface area contributed by atoms with Gasteiger partial charge in [0.2, 0.25) is 10.0 Å². The molecule has 0 bridgehead atoms. The van der Waals surface area contributed by atoms with Crippen LogP contribution in [-0.2, 0) is 21.2 Å². The van der Waals surface area contributed by atoms with Crippen LogP contribution in [0, 0.1) is 6.92 Å². The summed E-state index contributed by atoms with van der Waals surface area (Å²) < 4.78 is 33.9. The predicted molar refractivity (Wildman–Crippen MR) is 112 cm³/mol. The van der Waals surface area contributed by atoms with Crippen LogP contribution in [0.2, 0.25) is 0 Å². The number of carbonyl (C=O) groups excluding carboxylic acids is 1. The standard InChI is InChI=1S/C18H23N3O4S3/c1-4-13-5-6-14(16(22)20-18-19-12(2)17(26-3)27-18)11-15(13)28(23,24)21-7-9-25-10-8-21/h5-6,11H,4,7-10H2,1-3H3,(H,19,20,22). The second-order valence-corrected chi connectivity index (χ2v) is 10.2. The molecule has 0 spiro atoms. The monoisotopic (exact) mass is 441 g/mol. The molecule has 0 saturated carbocycles. The minimum absolute atomic E-state index is 0.185. The second-order valence-electron chi connectivity index (χ2n) is 6.24. The second kappa shape index (κ2) is 8.91. The number of carbonyl (C=O) groups is 1. The molecule has 0 atom stereocenters. The Kier molecular flexibility index (Phi) is 6.77. The maximum absolute atomic E-state index is 13.1. The molecule has 28 heavy (non-hydrogen) atoms. The van der Waals surface area contributed by atoms with Crippen molar-refractivity contribution >= 4 is 44.2 Å². The lowest BCUT2D eigenvalue weighted by Gasteiger charge is -2.27. The number of hydrogen-bond donors (Lipinski definition) is 1. The van der Waals surface area contributed by atoms with Gasteiger partial charge in [-0.25, -0.2) is 13.4 Å². The summed E-state index contributed by atoms with van der Waals surface area (Å²) in [5.74, 6) is -0.373. The molecule has 1 N–H and O–H groups in total. The normalized spacial score (nSPS) is 15.5. The van der Waals surface area contributed by atoms with Crippen molar-refractivity contribution in [1.29, 1.82) is 0 Å². The molecule has 2 heterocycles. The van der Waals surface area contributed by atoms with Gasteiger partial charge in [-0.05, 0) is 37.3 Å².